The average Bonchev–Trinajstić information content (AvgIpc) is 3.09. The third kappa shape index (κ3) is 4.10. The van der Waals surface area contributed by atoms with Crippen LogP contribution in [0, 0.1) is 5.82 Å². The molecule has 0 aliphatic carbocycles. The molecule has 2 aromatic carbocycles. The molecule has 3 rings (SSSR count). The highest BCUT2D eigenvalue weighted by Crippen LogP contribution is 2.23. The van der Waals surface area contributed by atoms with Crippen molar-refractivity contribution in [2.24, 2.45) is 0 Å². The first-order valence-corrected chi connectivity index (χ1v) is 7.65. The molecule has 0 bridgehead atoms. The first kappa shape index (κ1) is 15.1. The fourth-order valence-corrected chi connectivity index (χ4v) is 2.49. The number of nitrogens with zero attached hydrogens (tertiary/aromatic N) is 2. The molecule has 0 spiro atoms. The van der Waals surface area contributed by atoms with E-state index in [9.17, 15) is 9.18 Å². The number of rotatable bonds is 4. The largest absolute Gasteiger partial charge is 0.334 e. The quantitative estimate of drug-likeness (QED) is 0.768. The van der Waals surface area contributed by atoms with Crippen LogP contribution in [0.5, 0.6) is 0 Å². The van der Waals surface area contributed by atoms with Gasteiger partial charge in [-0.05, 0) is 46.9 Å². The van der Waals surface area contributed by atoms with Crippen LogP contribution in [0.2, 0.25) is 0 Å². The number of hydrogen-bond acceptors (Lipinski definition) is 4. The molecule has 23 heavy (non-hydrogen) atoms. The Bertz CT molecular complexity index is 773. The average molecular weight is 328 g/mol. The summed E-state index contributed by atoms with van der Waals surface area (Å²) in [5, 5.41) is 9.26. The first-order valence-electron chi connectivity index (χ1n) is 6.88. The van der Waals surface area contributed by atoms with Gasteiger partial charge in [-0.3, -0.25) is 0 Å². The molecule has 1 heterocycles. The van der Waals surface area contributed by atoms with Crippen LogP contribution < -0.4 is 10.6 Å². The number of carbonyl (C=O) groups is 1. The zero-order valence-corrected chi connectivity index (χ0v) is 12.8. The lowest BCUT2D eigenvalue weighted by Gasteiger charge is -2.08. The Balaban J connectivity index is 1.54. The molecule has 2 amide bonds. The fraction of sp³-hybridized carbons (Fsp3) is 0.0625. The summed E-state index contributed by atoms with van der Waals surface area (Å²) in [5.74, 6) is -0.297. The van der Waals surface area contributed by atoms with Crippen molar-refractivity contribution in [3.63, 3.8) is 0 Å². The number of nitrogens with one attached hydrogen (secondary N) is 2. The van der Waals surface area contributed by atoms with Crippen LogP contribution in [-0.2, 0) is 6.54 Å². The maximum atomic E-state index is 12.8. The third-order valence-electron chi connectivity index (χ3n) is 3.15. The number of hydrogen-bond donors (Lipinski definition) is 2. The van der Waals surface area contributed by atoms with E-state index >= 15 is 0 Å². The monoisotopic (exact) mass is 328 g/mol. The second kappa shape index (κ2) is 6.97. The predicted molar refractivity (Wildman–Crippen MR) is 87.6 cm³/mol. The molecule has 7 heteroatoms. The van der Waals surface area contributed by atoms with Gasteiger partial charge in [-0.1, -0.05) is 28.8 Å². The minimum Gasteiger partial charge on any atom is -0.334 e. The van der Waals surface area contributed by atoms with Crippen molar-refractivity contribution < 1.29 is 9.18 Å². The van der Waals surface area contributed by atoms with E-state index in [4.69, 9.17) is 0 Å². The number of urea groups is 1. The SMILES string of the molecule is O=C(NCc1ccc(F)cc1)Nc1ccc(-c2cnns2)cc1. The van der Waals surface area contributed by atoms with E-state index in [1.165, 1.54) is 23.7 Å². The molecule has 0 saturated carbocycles. The fourth-order valence-electron chi connectivity index (χ4n) is 1.97. The Morgan fingerprint density at radius 1 is 1.09 bits per heavy atom. The van der Waals surface area contributed by atoms with Gasteiger partial charge in [0.2, 0.25) is 0 Å². The molecule has 2 N–H and O–H groups in total. The van der Waals surface area contributed by atoms with Gasteiger partial charge >= 0.3 is 6.03 Å². The molecular weight excluding hydrogens is 315 g/mol. The lowest BCUT2D eigenvalue weighted by molar-refractivity contribution is 0.251. The molecule has 0 radical (unpaired) electrons. The summed E-state index contributed by atoms with van der Waals surface area (Å²) in [6.07, 6.45) is 1.70. The van der Waals surface area contributed by atoms with Gasteiger partial charge in [0, 0.05) is 12.2 Å². The first-order chi connectivity index (χ1) is 11.2. The maximum absolute atomic E-state index is 12.8. The second-order valence-corrected chi connectivity index (χ2v) is 5.58. The van der Waals surface area contributed by atoms with Gasteiger partial charge in [0.25, 0.3) is 0 Å². The summed E-state index contributed by atoms with van der Waals surface area (Å²) >= 11 is 1.32. The lowest BCUT2D eigenvalue weighted by atomic mass is 10.2. The molecule has 5 nitrogen and oxygen atoms in total. The molecular formula is C16H13FN4OS. The highest BCUT2D eigenvalue weighted by Gasteiger charge is 2.04. The van der Waals surface area contributed by atoms with Gasteiger partial charge < -0.3 is 10.6 Å². The highest BCUT2D eigenvalue weighted by molar-refractivity contribution is 7.09. The molecule has 0 saturated heterocycles. The Labute approximate surface area is 136 Å². The van der Waals surface area contributed by atoms with Crippen molar-refractivity contribution in [1.29, 1.82) is 0 Å². The normalized spacial score (nSPS) is 10.3. The van der Waals surface area contributed by atoms with E-state index in [0.29, 0.717) is 12.2 Å². The van der Waals surface area contributed by atoms with Gasteiger partial charge in [0.05, 0.1) is 11.1 Å². The molecule has 0 fully saturated rings. The van der Waals surface area contributed by atoms with E-state index in [0.717, 1.165) is 16.0 Å². The van der Waals surface area contributed by atoms with Crippen LogP contribution in [0.4, 0.5) is 14.9 Å². The van der Waals surface area contributed by atoms with Crippen molar-refractivity contribution in [3.05, 3.63) is 66.1 Å². The van der Waals surface area contributed by atoms with Crippen molar-refractivity contribution in [3.8, 4) is 10.4 Å². The number of halogens is 1. The minimum atomic E-state index is -0.318. The molecule has 3 aromatic rings. The van der Waals surface area contributed by atoms with Crippen molar-refractivity contribution in [2.75, 3.05) is 5.32 Å². The number of amides is 2. The van der Waals surface area contributed by atoms with Crippen LogP contribution >= 0.6 is 11.5 Å². The Hall–Kier alpha value is -2.80. The molecule has 1 aromatic heterocycles. The number of anilines is 1. The summed E-state index contributed by atoms with van der Waals surface area (Å²) in [6, 6.07) is 13.1. The van der Waals surface area contributed by atoms with Crippen molar-refractivity contribution >= 4 is 23.3 Å². The van der Waals surface area contributed by atoms with E-state index in [-0.39, 0.29) is 11.8 Å². The zero-order chi connectivity index (χ0) is 16.1. The standard InChI is InChI=1S/C16H13FN4OS/c17-13-5-1-11(2-6-13)9-18-16(22)20-14-7-3-12(4-8-14)15-10-19-21-23-15/h1-8,10H,9H2,(H2,18,20,22). The molecule has 0 atom stereocenters. The van der Waals surface area contributed by atoms with E-state index < -0.39 is 0 Å². The Kier molecular flexibility index (Phi) is 4.58. The summed E-state index contributed by atoms with van der Waals surface area (Å²) in [4.78, 5) is 12.8. The highest BCUT2D eigenvalue weighted by atomic mass is 32.1. The van der Waals surface area contributed by atoms with Gasteiger partial charge in [0.1, 0.15) is 5.82 Å². The van der Waals surface area contributed by atoms with Gasteiger partial charge in [-0.15, -0.1) is 5.10 Å². The van der Waals surface area contributed by atoms with Crippen LogP contribution in [0.15, 0.2) is 54.7 Å². The predicted octanol–water partition coefficient (Wildman–Crippen LogP) is 3.67. The molecule has 0 aliphatic rings. The second-order valence-electron chi connectivity index (χ2n) is 4.79. The zero-order valence-electron chi connectivity index (χ0n) is 12.0. The van der Waals surface area contributed by atoms with Crippen LogP contribution in [-0.4, -0.2) is 15.6 Å². The summed E-state index contributed by atoms with van der Waals surface area (Å²) in [6.45, 7) is 0.330. The van der Waals surface area contributed by atoms with Crippen LogP contribution in [0.25, 0.3) is 10.4 Å². The Morgan fingerprint density at radius 2 is 1.83 bits per heavy atom. The minimum absolute atomic E-state index is 0.297. The topological polar surface area (TPSA) is 66.9 Å². The van der Waals surface area contributed by atoms with Crippen molar-refractivity contribution in [2.45, 2.75) is 6.54 Å². The van der Waals surface area contributed by atoms with Crippen LogP contribution in [0.3, 0.4) is 0 Å². The summed E-state index contributed by atoms with van der Waals surface area (Å²) in [7, 11) is 0. The van der Waals surface area contributed by atoms with Gasteiger partial charge in [0.15, 0.2) is 0 Å². The number of carbonyl (C=O) groups excluding carboxylic acids is 1. The summed E-state index contributed by atoms with van der Waals surface area (Å²) < 4.78 is 16.6. The molecule has 0 aliphatic heterocycles. The maximum Gasteiger partial charge on any atom is 0.319 e. The Morgan fingerprint density at radius 3 is 2.48 bits per heavy atom. The number of benzene rings is 2. The van der Waals surface area contributed by atoms with Gasteiger partial charge in [-0.25, -0.2) is 9.18 Å². The van der Waals surface area contributed by atoms with Crippen LogP contribution in [0.1, 0.15) is 5.56 Å². The third-order valence-corrected chi connectivity index (χ3v) is 3.87. The van der Waals surface area contributed by atoms with E-state index in [2.05, 4.69) is 20.2 Å². The smallest absolute Gasteiger partial charge is 0.319 e. The number of aromatic nitrogens is 2. The lowest BCUT2D eigenvalue weighted by Crippen LogP contribution is -2.28. The molecule has 0 unspecified atom stereocenters. The van der Waals surface area contributed by atoms with Gasteiger partial charge in [-0.2, -0.15) is 0 Å². The van der Waals surface area contributed by atoms with E-state index in [1.54, 1.807) is 18.3 Å². The van der Waals surface area contributed by atoms with E-state index in [1.807, 2.05) is 24.3 Å². The van der Waals surface area contributed by atoms with Crippen molar-refractivity contribution in [1.82, 2.24) is 14.9 Å². The molecule has 116 valence electrons. The summed E-state index contributed by atoms with van der Waals surface area (Å²) in [5.41, 5.74) is 2.51.